The maximum absolute atomic E-state index is 12.9. The van der Waals surface area contributed by atoms with Gasteiger partial charge < -0.3 is 14.0 Å². The van der Waals surface area contributed by atoms with Crippen LogP contribution in [0.15, 0.2) is 49.1 Å². The fourth-order valence-electron chi connectivity index (χ4n) is 2.68. The van der Waals surface area contributed by atoms with Crippen molar-refractivity contribution in [3.63, 3.8) is 0 Å². The van der Waals surface area contributed by atoms with Gasteiger partial charge in [-0.1, -0.05) is 0 Å². The summed E-state index contributed by atoms with van der Waals surface area (Å²) in [7, 11) is -2.35. The normalized spacial score (nSPS) is 25.5. The predicted molar refractivity (Wildman–Crippen MR) is 81.8 cm³/mol. The van der Waals surface area contributed by atoms with E-state index in [1.165, 1.54) is 0 Å². The van der Waals surface area contributed by atoms with Crippen LogP contribution < -0.4 is 4.57 Å². The van der Waals surface area contributed by atoms with Gasteiger partial charge >= 0.3 is 0 Å². The van der Waals surface area contributed by atoms with Gasteiger partial charge in [0.25, 0.3) is 0 Å². The Morgan fingerprint density at radius 2 is 1.59 bits per heavy atom. The number of aromatic nitrogens is 2. The molecule has 6 heteroatoms. The molecule has 0 amide bonds. The molecule has 0 saturated carbocycles. The smallest absolute Gasteiger partial charge is 0.169 e. The molecule has 2 aliphatic rings. The molecule has 5 nitrogen and oxygen atoms in total. The fourth-order valence-corrected chi connectivity index (χ4v) is 5.35. The van der Waals surface area contributed by atoms with Crippen molar-refractivity contribution in [3.05, 3.63) is 49.1 Å². The van der Waals surface area contributed by atoms with E-state index in [1.807, 2.05) is 24.5 Å². The predicted octanol–water partition coefficient (Wildman–Crippen LogP) is 2.11. The average molecular weight is 317 g/mol. The summed E-state index contributed by atoms with van der Waals surface area (Å²) in [6.45, 7) is 1.99. The summed E-state index contributed by atoms with van der Waals surface area (Å²) in [4.78, 5) is 4.03. The second-order valence-corrected chi connectivity index (χ2v) is 9.02. The Morgan fingerprint density at radius 1 is 1.05 bits per heavy atom. The number of nitrogens with zero attached hydrogens (tertiary/aromatic N) is 2. The molecule has 0 aliphatic carbocycles. The highest BCUT2D eigenvalue weighted by Gasteiger charge is 2.54. The molecule has 0 aromatic carbocycles. The van der Waals surface area contributed by atoms with Crippen LogP contribution in [0.3, 0.4) is 0 Å². The monoisotopic (exact) mass is 317 g/mol. The van der Waals surface area contributed by atoms with Crippen molar-refractivity contribution < 1.29 is 18.6 Å². The lowest BCUT2D eigenvalue weighted by molar-refractivity contribution is -0.692. The highest BCUT2D eigenvalue weighted by Crippen LogP contribution is 2.64. The summed E-state index contributed by atoms with van der Waals surface area (Å²) in [5, 5.41) is 0. The van der Waals surface area contributed by atoms with Crippen molar-refractivity contribution in [2.75, 3.05) is 19.4 Å². The first-order valence-corrected chi connectivity index (χ1v) is 9.50. The van der Waals surface area contributed by atoms with E-state index in [0.29, 0.717) is 19.4 Å². The molecular weight excluding hydrogens is 299 g/mol. The summed E-state index contributed by atoms with van der Waals surface area (Å²) >= 11 is 0. The largest absolute Gasteiger partial charge is 0.365 e. The molecule has 2 fully saturated rings. The Kier molecular flexibility index (Phi) is 3.57. The minimum absolute atomic E-state index is 0.0586. The topological polar surface area (TPSA) is 58.9 Å². The summed E-state index contributed by atoms with van der Waals surface area (Å²) in [6, 6.07) is 8.12. The van der Waals surface area contributed by atoms with Crippen molar-refractivity contribution in [1.82, 2.24) is 4.98 Å². The third kappa shape index (κ3) is 2.84. The molecule has 0 spiro atoms. The molecule has 0 N–H and O–H groups in total. The number of rotatable bonds is 6. The van der Waals surface area contributed by atoms with E-state index in [4.69, 9.17) is 9.47 Å². The molecule has 2 aromatic heterocycles. The molecule has 2 unspecified atom stereocenters. The second kappa shape index (κ2) is 5.58. The summed E-state index contributed by atoms with van der Waals surface area (Å²) in [5.74, 6) is -0.117. The van der Waals surface area contributed by atoms with Gasteiger partial charge in [0.2, 0.25) is 0 Å². The minimum Gasteiger partial charge on any atom is -0.365 e. The van der Waals surface area contributed by atoms with Gasteiger partial charge in [0.15, 0.2) is 26.1 Å². The first-order chi connectivity index (χ1) is 10.8. The summed E-state index contributed by atoms with van der Waals surface area (Å²) in [5.41, 5.74) is 2.29. The molecule has 4 rings (SSSR count). The zero-order chi connectivity index (χ0) is 15.0. The fraction of sp³-hybridized carbons (Fsp3) is 0.375. The van der Waals surface area contributed by atoms with Crippen molar-refractivity contribution >= 4 is 7.14 Å². The van der Waals surface area contributed by atoms with Gasteiger partial charge in [-0.3, -0.25) is 4.98 Å². The number of hydrogen-bond donors (Lipinski definition) is 0. The van der Waals surface area contributed by atoms with Crippen molar-refractivity contribution in [2.45, 2.75) is 18.2 Å². The van der Waals surface area contributed by atoms with E-state index in [1.54, 1.807) is 12.4 Å². The molecule has 2 saturated heterocycles. The molecule has 114 valence electrons. The third-order valence-corrected chi connectivity index (χ3v) is 7.66. The zero-order valence-electron chi connectivity index (χ0n) is 12.2. The second-order valence-electron chi connectivity index (χ2n) is 5.71. The maximum Gasteiger partial charge on any atom is 0.169 e. The number of ether oxygens (including phenoxy) is 2. The van der Waals surface area contributed by atoms with Gasteiger partial charge in [0.05, 0.1) is 19.4 Å². The Morgan fingerprint density at radius 3 is 2.14 bits per heavy atom. The Balaban J connectivity index is 1.44. The van der Waals surface area contributed by atoms with Gasteiger partial charge in [-0.15, -0.1) is 0 Å². The van der Waals surface area contributed by atoms with Crippen molar-refractivity contribution in [3.8, 4) is 11.1 Å². The SMILES string of the molecule is O=P(CC[n+]1ccc(-c2ccncc2)cc1)(C1CO1)C1CO1. The van der Waals surface area contributed by atoms with Gasteiger partial charge in [-0.25, -0.2) is 4.57 Å². The molecule has 22 heavy (non-hydrogen) atoms. The lowest BCUT2D eigenvalue weighted by Crippen LogP contribution is -2.35. The van der Waals surface area contributed by atoms with Crippen LogP contribution >= 0.6 is 7.14 Å². The molecule has 0 radical (unpaired) electrons. The Bertz CT molecular complexity index is 681. The van der Waals surface area contributed by atoms with Gasteiger partial charge in [-0.2, -0.15) is 0 Å². The first-order valence-electron chi connectivity index (χ1n) is 7.47. The number of epoxide rings is 2. The average Bonchev–Trinajstić information content (AvgIpc) is 3.44. The van der Waals surface area contributed by atoms with E-state index < -0.39 is 7.14 Å². The van der Waals surface area contributed by atoms with Crippen molar-refractivity contribution in [2.24, 2.45) is 0 Å². The first kappa shape index (κ1) is 14.1. The third-order valence-electron chi connectivity index (χ3n) is 4.22. The van der Waals surface area contributed by atoms with E-state index in [2.05, 4.69) is 21.7 Å². The van der Waals surface area contributed by atoms with Crippen LogP contribution in [0.25, 0.3) is 11.1 Å². The minimum atomic E-state index is -2.35. The van der Waals surface area contributed by atoms with Crippen LogP contribution in [0, 0.1) is 0 Å². The highest BCUT2D eigenvalue weighted by molar-refractivity contribution is 7.65. The Hall–Kier alpha value is -1.55. The number of hydrogen-bond acceptors (Lipinski definition) is 4. The quantitative estimate of drug-likeness (QED) is 0.465. The summed E-state index contributed by atoms with van der Waals surface area (Å²) in [6.07, 6.45) is 8.28. The molecule has 0 bridgehead atoms. The van der Waals surface area contributed by atoms with Crippen LogP contribution in [0.5, 0.6) is 0 Å². The molecule has 2 aliphatic heterocycles. The van der Waals surface area contributed by atoms with Crippen molar-refractivity contribution in [1.29, 1.82) is 0 Å². The maximum atomic E-state index is 12.9. The van der Waals surface area contributed by atoms with Crippen LogP contribution in [0.2, 0.25) is 0 Å². The lowest BCUT2D eigenvalue weighted by Gasteiger charge is -2.11. The highest BCUT2D eigenvalue weighted by atomic mass is 31.2. The molecule has 2 aromatic rings. The van der Waals surface area contributed by atoms with Gasteiger partial charge in [0, 0.05) is 24.5 Å². The lowest BCUT2D eigenvalue weighted by atomic mass is 10.1. The van der Waals surface area contributed by atoms with E-state index >= 15 is 0 Å². The number of pyridine rings is 2. The van der Waals surface area contributed by atoms with E-state index in [-0.39, 0.29) is 11.7 Å². The Labute approximate surface area is 129 Å². The van der Waals surface area contributed by atoms with Crippen LogP contribution in [0.4, 0.5) is 0 Å². The standard InChI is InChI=1S/C16H18N2O3P/c19-22(15-11-20-15,16-12-21-16)10-9-18-7-3-14(4-8-18)13-1-5-17-6-2-13/h1-8,15-16H,9-12H2/q+1. The van der Waals surface area contributed by atoms with Crippen LogP contribution in [-0.4, -0.2) is 36.0 Å². The summed E-state index contributed by atoms with van der Waals surface area (Å²) < 4.78 is 25.6. The number of aryl methyl sites for hydroxylation is 1. The van der Waals surface area contributed by atoms with Crippen LogP contribution in [0.1, 0.15) is 0 Å². The van der Waals surface area contributed by atoms with E-state index in [0.717, 1.165) is 17.7 Å². The van der Waals surface area contributed by atoms with Gasteiger partial charge in [-0.05, 0) is 23.3 Å². The van der Waals surface area contributed by atoms with Gasteiger partial charge in [0.1, 0.15) is 11.7 Å². The molecule has 4 heterocycles. The molecular formula is C16H18N2O3P+. The van der Waals surface area contributed by atoms with E-state index in [9.17, 15) is 4.57 Å². The van der Waals surface area contributed by atoms with Crippen LogP contribution in [-0.2, 0) is 20.6 Å². The molecule has 2 atom stereocenters. The zero-order valence-corrected chi connectivity index (χ0v) is 13.1.